The Bertz CT molecular complexity index is 1240. The van der Waals surface area contributed by atoms with Crippen LogP contribution in [0.1, 0.15) is 46.2 Å². The van der Waals surface area contributed by atoms with Crippen LogP contribution in [0.4, 0.5) is 0 Å². The van der Waals surface area contributed by atoms with E-state index in [4.69, 9.17) is 16.1 Å². The molecule has 1 amide bonds. The zero-order valence-electron chi connectivity index (χ0n) is 16.7. The van der Waals surface area contributed by atoms with Crippen LogP contribution < -0.4 is 5.32 Å². The molecule has 0 atom stereocenters. The summed E-state index contributed by atoms with van der Waals surface area (Å²) in [6.07, 6.45) is 5.43. The molecule has 8 nitrogen and oxygen atoms in total. The number of rotatable bonds is 6. The van der Waals surface area contributed by atoms with Gasteiger partial charge in [-0.15, -0.1) is 0 Å². The van der Waals surface area contributed by atoms with Gasteiger partial charge in [0.05, 0.1) is 23.0 Å². The molecule has 0 bridgehead atoms. The van der Waals surface area contributed by atoms with Crippen molar-refractivity contribution in [3.8, 4) is 17.3 Å². The van der Waals surface area contributed by atoms with Gasteiger partial charge >= 0.3 is 0 Å². The first-order valence-corrected chi connectivity index (χ1v) is 10.3. The molecule has 9 heteroatoms. The predicted molar refractivity (Wildman–Crippen MR) is 114 cm³/mol. The second kappa shape index (κ2) is 7.96. The van der Waals surface area contributed by atoms with Gasteiger partial charge in [-0.1, -0.05) is 35.0 Å². The second-order valence-corrected chi connectivity index (χ2v) is 7.87. The Labute approximate surface area is 183 Å². The molecule has 1 N–H and O–H groups in total. The molecule has 3 aromatic heterocycles. The molecule has 31 heavy (non-hydrogen) atoms. The lowest BCUT2D eigenvalue weighted by molar-refractivity contribution is 0.0950. The van der Waals surface area contributed by atoms with Crippen LogP contribution in [-0.2, 0) is 6.54 Å². The van der Waals surface area contributed by atoms with E-state index < -0.39 is 0 Å². The van der Waals surface area contributed by atoms with E-state index >= 15 is 0 Å². The molecule has 0 aliphatic heterocycles. The lowest BCUT2D eigenvalue weighted by Crippen LogP contribution is -2.23. The molecular weight excluding hydrogens is 416 g/mol. The molecule has 1 aromatic carbocycles. The highest BCUT2D eigenvalue weighted by Gasteiger charge is 2.29. The predicted octanol–water partition coefficient (Wildman–Crippen LogP) is 4.09. The molecule has 0 unspecified atom stereocenters. The molecule has 5 rings (SSSR count). The summed E-state index contributed by atoms with van der Waals surface area (Å²) in [5, 5.41) is 11.9. The van der Waals surface area contributed by atoms with Crippen molar-refractivity contribution in [3.05, 3.63) is 76.5 Å². The molecule has 4 aromatic rings. The average Bonchev–Trinajstić information content (AvgIpc) is 3.39. The summed E-state index contributed by atoms with van der Waals surface area (Å²) in [6, 6.07) is 11.1. The van der Waals surface area contributed by atoms with E-state index in [2.05, 4.69) is 25.5 Å². The van der Waals surface area contributed by atoms with Gasteiger partial charge in [0.15, 0.2) is 11.6 Å². The smallest absolute Gasteiger partial charge is 0.259 e. The first kappa shape index (κ1) is 19.4. The standard InChI is InChI=1S/C22H19ClN6O2/c1-13-17(21(30)25-10-15-4-2-3-5-18(15)23)12-26-29(13)19-9-8-16(11-24-19)22-27-20(28-31-22)14-6-7-14/h2-5,8-9,11-12,14H,6-7,10H2,1H3,(H,25,30). The number of carbonyl (C=O) groups excluding carboxylic acids is 1. The van der Waals surface area contributed by atoms with Gasteiger partial charge in [0.25, 0.3) is 11.8 Å². The molecular formula is C22H19ClN6O2. The molecule has 1 aliphatic carbocycles. The fourth-order valence-electron chi connectivity index (χ4n) is 3.27. The Morgan fingerprint density at radius 2 is 2.06 bits per heavy atom. The number of benzene rings is 1. The van der Waals surface area contributed by atoms with Crippen LogP contribution in [0.5, 0.6) is 0 Å². The molecule has 0 spiro atoms. The number of carbonyl (C=O) groups is 1. The summed E-state index contributed by atoms with van der Waals surface area (Å²) < 4.78 is 6.97. The summed E-state index contributed by atoms with van der Waals surface area (Å²) in [6.45, 7) is 2.16. The molecule has 1 fully saturated rings. The Balaban J connectivity index is 1.30. The van der Waals surface area contributed by atoms with Crippen molar-refractivity contribution >= 4 is 17.5 Å². The highest BCUT2D eigenvalue weighted by atomic mass is 35.5. The number of hydrogen-bond donors (Lipinski definition) is 1. The van der Waals surface area contributed by atoms with Crippen molar-refractivity contribution in [2.45, 2.75) is 32.2 Å². The van der Waals surface area contributed by atoms with Gasteiger partial charge < -0.3 is 9.84 Å². The largest absolute Gasteiger partial charge is 0.348 e. The minimum absolute atomic E-state index is 0.223. The van der Waals surface area contributed by atoms with Crippen molar-refractivity contribution < 1.29 is 9.32 Å². The molecule has 1 aliphatic rings. The molecule has 1 saturated carbocycles. The quantitative estimate of drug-likeness (QED) is 0.490. The summed E-state index contributed by atoms with van der Waals surface area (Å²) >= 11 is 6.15. The lowest BCUT2D eigenvalue weighted by atomic mass is 10.2. The van der Waals surface area contributed by atoms with Crippen LogP contribution in [0.2, 0.25) is 5.02 Å². The number of nitrogens with one attached hydrogen (secondary N) is 1. The fraction of sp³-hybridized carbons (Fsp3) is 0.227. The first-order chi connectivity index (χ1) is 15.1. The van der Waals surface area contributed by atoms with Crippen molar-refractivity contribution in [2.75, 3.05) is 0 Å². The topological polar surface area (TPSA) is 98.7 Å². The summed E-state index contributed by atoms with van der Waals surface area (Å²) in [5.41, 5.74) is 2.76. The monoisotopic (exact) mass is 434 g/mol. The van der Waals surface area contributed by atoms with Gasteiger partial charge in [-0.25, -0.2) is 9.67 Å². The molecule has 156 valence electrons. The number of amides is 1. The van der Waals surface area contributed by atoms with E-state index in [9.17, 15) is 4.79 Å². The van der Waals surface area contributed by atoms with Crippen molar-refractivity contribution in [1.82, 2.24) is 30.2 Å². The normalized spacial score (nSPS) is 13.4. The number of hydrogen-bond acceptors (Lipinski definition) is 6. The summed E-state index contributed by atoms with van der Waals surface area (Å²) in [7, 11) is 0. The maximum absolute atomic E-state index is 12.6. The highest BCUT2D eigenvalue weighted by molar-refractivity contribution is 6.31. The van der Waals surface area contributed by atoms with Gasteiger partial charge in [0.1, 0.15) is 0 Å². The third kappa shape index (κ3) is 3.94. The van der Waals surface area contributed by atoms with Crippen LogP contribution in [0.25, 0.3) is 17.3 Å². The average molecular weight is 435 g/mol. The van der Waals surface area contributed by atoms with Crippen LogP contribution in [0.15, 0.2) is 53.3 Å². The Morgan fingerprint density at radius 3 is 2.81 bits per heavy atom. The van der Waals surface area contributed by atoms with Gasteiger partial charge in [0.2, 0.25) is 0 Å². The van der Waals surface area contributed by atoms with E-state index in [-0.39, 0.29) is 5.91 Å². The van der Waals surface area contributed by atoms with Gasteiger partial charge in [-0.05, 0) is 43.5 Å². The van der Waals surface area contributed by atoms with Gasteiger partial charge in [0, 0.05) is 23.7 Å². The van der Waals surface area contributed by atoms with Crippen LogP contribution >= 0.6 is 11.6 Å². The number of nitrogens with zero attached hydrogens (tertiary/aromatic N) is 5. The first-order valence-electron chi connectivity index (χ1n) is 9.97. The van der Waals surface area contributed by atoms with Gasteiger partial charge in [-0.2, -0.15) is 10.1 Å². The third-order valence-corrected chi connectivity index (χ3v) is 5.62. The SMILES string of the molecule is Cc1c(C(=O)NCc2ccccc2Cl)cnn1-c1ccc(-c2nc(C3CC3)no2)cn1. The third-order valence-electron chi connectivity index (χ3n) is 5.25. The van der Waals surface area contributed by atoms with E-state index in [1.165, 1.54) is 6.20 Å². The Kier molecular flexibility index (Phi) is 4.99. The molecule has 3 heterocycles. The van der Waals surface area contributed by atoms with Crippen molar-refractivity contribution in [2.24, 2.45) is 0 Å². The minimum atomic E-state index is -0.223. The van der Waals surface area contributed by atoms with E-state index in [0.29, 0.717) is 40.5 Å². The molecule has 0 radical (unpaired) electrons. The Morgan fingerprint density at radius 1 is 1.23 bits per heavy atom. The lowest BCUT2D eigenvalue weighted by Gasteiger charge is -2.07. The van der Waals surface area contributed by atoms with Crippen LogP contribution in [0.3, 0.4) is 0 Å². The van der Waals surface area contributed by atoms with Gasteiger partial charge in [-0.3, -0.25) is 4.79 Å². The number of halogens is 1. The zero-order chi connectivity index (χ0) is 21.4. The summed E-state index contributed by atoms with van der Waals surface area (Å²) in [4.78, 5) is 21.5. The van der Waals surface area contributed by atoms with Crippen LogP contribution in [-0.4, -0.2) is 30.8 Å². The molecule has 0 saturated heterocycles. The number of pyridine rings is 1. The highest BCUT2D eigenvalue weighted by Crippen LogP contribution is 2.38. The maximum atomic E-state index is 12.6. The van der Waals surface area contributed by atoms with E-state index in [0.717, 1.165) is 29.8 Å². The van der Waals surface area contributed by atoms with Crippen molar-refractivity contribution in [1.29, 1.82) is 0 Å². The van der Waals surface area contributed by atoms with E-state index in [1.54, 1.807) is 16.9 Å². The fourth-order valence-corrected chi connectivity index (χ4v) is 3.48. The zero-order valence-corrected chi connectivity index (χ0v) is 17.5. The maximum Gasteiger partial charge on any atom is 0.259 e. The second-order valence-electron chi connectivity index (χ2n) is 7.47. The van der Waals surface area contributed by atoms with Crippen LogP contribution in [0, 0.1) is 6.92 Å². The minimum Gasteiger partial charge on any atom is -0.348 e. The van der Waals surface area contributed by atoms with E-state index in [1.807, 2.05) is 37.3 Å². The van der Waals surface area contributed by atoms with Crippen molar-refractivity contribution in [3.63, 3.8) is 0 Å². The Hall–Kier alpha value is -3.52. The number of aromatic nitrogens is 5. The summed E-state index contributed by atoms with van der Waals surface area (Å²) in [5.74, 6) is 2.01.